The number of ketones is 2. The van der Waals surface area contributed by atoms with Crippen molar-refractivity contribution in [1.82, 2.24) is 4.90 Å². The van der Waals surface area contributed by atoms with Gasteiger partial charge in [-0.3, -0.25) is 24.1 Å². The smallest absolute Gasteiger partial charge is 0.233 e. The summed E-state index contributed by atoms with van der Waals surface area (Å²) in [6.07, 6.45) is 4.37. The van der Waals surface area contributed by atoms with Crippen molar-refractivity contribution in [2.24, 2.45) is 17.8 Å². The number of methoxy groups -OCH3 is 1. The van der Waals surface area contributed by atoms with Gasteiger partial charge in [-0.2, -0.15) is 0 Å². The van der Waals surface area contributed by atoms with Crippen LogP contribution < -0.4 is 4.74 Å². The zero-order valence-electron chi connectivity index (χ0n) is 22.2. The van der Waals surface area contributed by atoms with Crippen molar-refractivity contribution in [3.8, 4) is 17.2 Å². The number of amides is 2. The van der Waals surface area contributed by atoms with Crippen LogP contribution >= 0.6 is 0 Å². The van der Waals surface area contributed by atoms with Crippen LogP contribution in [0.5, 0.6) is 17.2 Å². The van der Waals surface area contributed by atoms with Crippen molar-refractivity contribution in [3.05, 3.63) is 88.0 Å². The maximum Gasteiger partial charge on any atom is 0.233 e. The molecule has 1 heterocycles. The Hall–Kier alpha value is -4.46. The third kappa shape index (κ3) is 3.97. The fraction of sp³-hybridized carbons (Fsp3) is 0.312. The number of phenolic OH excluding ortho intramolecular Hbond substituents is 2. The summed E-state index contributed by atoms with van der Waals surface area (Å²) in [5.74, 6) is -2.75. The second-order valence-corrected chi connectivity index (χ2v) is 10.9. The number of Topliss-reactive ketones (excluding diaryl/α,β-unsaturated/α-hetero) is 1. The largest absolute Gasteiger partial charge is 0.508 e. The summed E-state index contributed by atoms with van der Waals surface area (Å²) in [5, 5.41) is 19.8. The zero-order valence-corrected chi connectivity index (χ0v) is 22.2. The number of fused-ring (bicyclic) bond motifs is 3. The number of phenols is 2. The first-order valence-corrected chi connectivity index (χ1v) is 13.4. The average Bonchev–Trinajstić information content (AvgIpc) is 3.19. The summed E-state index contributed by atoms with van der Waals surface area (Å²) < 4.78 is 5.33. The molecule has 1 fully saturated rings. The van der Waals surface area contributed by atoms with E-state index in [0.29, 0.717) is 35.1 Å². The van der Waals surface area contributed by atoms with Crippen molar-refractivity contribution >= 4 is 23.4 Å². The van der Waals surface area contributed by atoms with Crippen molar-refractivity contribution in [2.75, 3.05) is 13.7 Å². The van der Waals surface area contributed by atoms with Gasteiger partial charge in [0, 0.05) is 29.2 Å². The van der Waals surface area contributed by atoms with Crippen LogP contribution in [0.15, 0.2) is 76.9 Å². The summed E-state index contributed by atoms with van der Waals surface area (Å²) in [5.41, 5.74) is 3.57. The SMILES string of the molecule is COc1cc([C@H]2C3=CC[C@@H]4C(=O)N(CCc5ccc(O)cc5)C(=O)[C@@H]4[C@@H]3CC3=C2C(=O)C(C)=CC3=O)ccc1O. The first-order valence-electron chi connectivity index (χ1n) is 13.4. The Kier molecular flexibility index (Phi) is 6.21. The van der Waals surface area contributed by atoms with Crippen molar-refractivity contribution in [2.45, 2.75) is 32.1 Å². The van der Waals surface area contributed by atoms with E-state index < -0.39 is 23.7 Å². The number of aromatic hydroxyl groups is 2. The number of carbonyl (C=O) groups excluding carboxylic acids is 4. The number of ether oxygens (including phenoxy) is 1. The van der Waals surface area contributed by atoms with E-state index >= 15 is 0 Å². The van der Waals surface area contributed by atoms with E-state index in [1.54, 1.807) is 43.3 Å². The number of hydrogen-bond acceptors (Lipinski definition) is 7. The second-order valence-electron chi connectivity index (χ2n) is 10.9. The summed E-state index contributed by atoms with van der Waals surface area (Å²) in [6.45, 7) is 1.85. The molecule has 6 rings (SSSR count). The summed E-state index contributed by atoms with van der Waals surface area (Å²) in [6, 6.07) is 11.5. The Balaban J connectivity index is 1.39. The number of benzene rings is 2. The molecule has 4 aliphatic rings. The topological polar surface area (TPSA) is 121 Å². The van der Waals surface area contributed by atoms with E-state index in [1.165, 1.54) is 24.2 Å². The van der Waals surface area contributed by atoms with Gasteiger partial charge in [-0.1, -0.05) is 29.8 Å². The highest BCUT2D eigenvalue weighted by atomic mass is 16.5. The van der Waals surface area contributed by atoms with Gasteiger partial charge in [0.05, 0.1) is 18.9 Å². The average molecular weight is 540 g/mol. The van der Waals surface area contributed by atoms with E-state index in [-0.39, 0.29) is 53.6 Å². The molecule has 0 spiro atoms. The molecule has 0 unspecified atom stereocenters. The third-order valence-corrected chi connectivity index (χ3v) is 8.75. The molecule has 8 heteroatoms. The van der Waals surface area contributed by atoms with E-state index in [4.69, 9.17) is 4.74 Å². The normalized spacial score (nSPS) is 25.8. The predicted octanol–water partition coefficient (Wildman–Crippen LogP) is 3.78. The van der Waals surface area contributed by atoms with Gasteiger partial charge in [-0.05, 0) is 73.6 Å². The lowest BCUT2D eigenvalue weighted by atomic mass is 9.59. The lowest BCUT2D eigenvalue weighted by Gasteiger charge is -2.42. The van der Waals surface area contributed by atoms with Gasteiger partial charge in [0.15, 0.2) is 23.1 Å². The van der Waals surface area contributed by atoms with Crippen molar-refractivity contribution in [3.63, 3.8) is 0 Å². The monoisotopic (exact) mass is 539 g/mol. The molecule has 2 N–H and O–H groups in total. The van der Waals surface area contributed by atoms with Crippen LogP contribution in [0.3, 0.4) is 0 Å². The molecule has 0 bridgehead atoms. The summed E-state index contributed by atoms with van der Waals surface area (Å²) in [4.78, 5) is 55.4. The van der Waals surface area contributed by atoms with Crippen molar-refractivity contribution < 1.29 is 34.1 Å². The Morgan fingerprint density at radius 2 is 1.73 bits per heavy atom. The quantitative estimate of drug-likeness (QED) is 0.337. The fourth-order valence-corrected chi connectivity index (χ4v) is 6.80. The number of hydrogen-bond donors (Lipinski definition) is 2. The highest BCUT2D eigenvalue weighted by molar-refractivity contribution is 6.23. The number of rotatable bonds is 5. The molecule has 0 radical (unpaired) electrons. The number of carbonyl (C=O) groups is 4. The van der Waals surface area contributed by atoms with Gasteiger partial charge in [0.25, 0.3) is 0 Å². The Morgan fingerprint density at radius 1 is 0.975 bits per heavy atom. The van der Waals surface area contributed by atoms with Crippen molar-refractivity contribution in [1.29, 1.82) is 0 Å². The number of imide groups is 1. The minimum absolute atomic E-state index is 0.0477. The fourth-order valence-electron chi connectivity index (χ4n) is 6.80. The molecule has 0 saturated carbocycles. The zero-order chi connectivity index (χ0) is 28.3. The van der Waals surface area contributed by atoms with Gasteiger partial charge < -0.3 is 14.9 Å². The molecular formula is C32H29NO7. The van der Waals surface area contributed by atoms with Crippen LogP contribution in [-0.2, 0) is 25.6 Å². The maximum absolute atomic E-state index is 13.8. The molecule has 1 aliphatic heterocycles. The standard InChI is InChI=1S/C32H29NO7/c1-16-13-25(36)23-15-22-20(27(29(23)30(16)37)18-5-10-24(35)26(14-18)40-2)8-9-21-28(22)32(39)33(31(21)38)12-11-17-3-6-19(34)7-4-17/h3-8,10,13-14,21-22,27-28,34-35H,9,11-12,15H2,1-2H3/t21-,22+,27-,28-/m0/s1. The number of allylic oxidation sites excluding steroid dienone is 6. The first-order chi connectivity index (χ1) is 19.2. The van der Waals surface area contributed by atoms with E-state index in [2.05, 4.69) is 0 Å². The Bertz CT molecular complexity index is 1560. The van der Waals surface area contributed by atoms with E-state index in [9.17, 15) is 29.4 Å². The first kappa shape index (κ1) is 25.8. The van der Waals surface area contributed by atoms with Crippen LogP contribution in [-0.4, -0.2) is 52.1 Å². The molecule has 204 valence electrons. The van der Waals surface area contributed by atoms with Gasteiger partial charge >= 0.3 is 0 Å². The minimum atomic E-state index is -0.627. The van der Waals surface area contributed by atoms with Crippen LogP contribution in [0, 0.1) is 17.8 Å². The molecule has 2 aromatic carbocycles. The van der Waals surface area contributed by atoms with E-state index in [1.807, 2.05) is 6.08 Å². The molecule has 40 heavy (non-hydrogen) atoms. The molecule has 0 aromatic heterocycles. The second kappa shape index (κ2) is 9.62. The highest BCUT2D eigenvalue weighted by Crippen LogP contribution is 2.55. The summed E-state index contributed by atoms with van der Waals surface area (Å²) in [7, 11) is 1.44. The maximum atomic E-state index is 13.8. The van der Waals surface area contributed by atoms with Gasteiger partial charge in [0.1, 0.15) is 5.75 Å². The number of nitrogens with zero attached hydrogens (tertiary/aromatic N) is 1. The van der Waals surface area contributed by atoms with E-state index in [0.717, 1.165) is 11.1 Å². The minimum Gasteiger partial charge on any atom is -0.508 e. The third-order valence-electron chi connectivity index (χ3n) is 8.75. The van der Waals surface area contributed by atoms with Crippen LogP contribution in [0.2, 0.25) is 0 Å². The predicted molar refractivity (Wildman–Crippen MR) is 145 cm³/mol. The van der Waals surface area contributed by atoms with Gasteiger partial charge in [0.2, 0.25) is 11.8 Å². The Morgan fingerprint density at radius 3 is 2.45 bits per heavy atom. The van der Waals surface area contributed by atoms with Crippen LogP contribution in [0.1, 0.15) is 36.8 Å². The summed E-state index contributed by atoms with van der Waals surface area (Å²) >= 11 is 0. The molecule has 1 saturated heterocycles. The molecule has 8 nitrogen and oxygen atoms in total. The van der Waals surface area contributed by atoms with Gasteiger partial charge in [-0.15, -0.1) is 0 Å². The van der Waals surface area contributed by atoms with Crippen LogP contribution in [0.4, 0.5) is 0 Å². The lowest BCUT2D eigenvalue weighted by Crippen LogP contribution is -2.40. The lowest BCUT2D eigenvalue weighted by molar-refractivity contribution is -0.140. The number of likely N-dealkylation sites (tertiary alicyclic amines) is 1. The molecular weight excluding hydrogens is 510 g/mol. The molecule has 3 aliphatic carbocycles. The molecule has 4 atom stereocenters. The Labute approximate surface area is 231 Å². The molecule has 2 amide bonds. The highest BCUT2D eigenvalue weighted by Gasteiger charge is 2.56. The van der Waals surface area contributed by atoms with Crippen LogP contribution in [0.25, 0.3) is 0 Å². The van der Waals surface area contributed by atoms with Gasteiger partial charge in [-0.25, -0.2) is 0 Å². The molecule has 2 aromatic rings.